The number of benzene rings is 3. The van der Waals surface area contributed by atoms with Crippen molar-refractivity contribution in [1.82, 2.24) is 9.97 Å². The van der Waals surface area contributed by atoms with Gasteiger partial charge in [-0.3, -0.25) is 9.97 Å². The molecule has 0 unspecified atom stereocenters. The Morgan fingerprint density at radius 2 is 1.04 bits per heavy atom. The molecule has 0 amide bonds. The van der Waals surface area contributed by atoms with E-state index in [1.165, 1.54) is 27.8 Å². The molecule has 0 aliphatic carbocycles. The van der Waals surface area contributed by atoms with Gasteiger partial charge < -0.3 is 0 Å². The summed E-state index contributed by atoms with van der Waals surface area (Å²) in [6, 6.07) is 27.8. The van der Waals surface area contributed by atoms with E-state index in [2.05, 4.69) is 83.6 Å². The second-order valence-electron chi connectivity index (χ2n) is 6.91. The number of nitrogens with zero attached hydrogens (tertiary/aromatic N) is 2. The number of pyridine rings is 2. The molecule has 5 aromatic rings. The highest BCUT2D eigenvalue weighted by Crippen LogP contribution is 2.31. The summed E-state index contributed by atoms with van der Waals surface area (Å²) in [5.41, 5.74) is 8.17. The molecule has 128 valence electrons. The van der Waals surface area contributed by atoms with Crippen molar-refractivity contribution in [2.24, 2.45) is 0 Å². The average molecular weight is 346 g/mol. The van der Waals surface area contributed by atoms with E-state index in [4.69, 9.17) is 0 Å². The summed E-state index contributed by atoms with van der Waals surface area (Å²) in [7, 11) is 0. The molecule has 0 bridgehead atoms. The van der Waals surface area contributed by atoms with Crippen molar-refractivity contribution in [1.29, 1.82) is 0 Å². The lowest BCUT2D eigenvalue weighted by Crippen LogP contribution is -1.86. The molecule has 0 saturated carbocycles. The minimum Gasteiger partial charge on any atom is -0.256 e. The number of aromatic nitrogens is 2. The highest BCUT2D eigenvalue weighted by molar-refractivity contribution is 5.87. The van der Waals surface area contributed by atoms with Crippen LogP contribution in [0.2, 0.25) is 0 Å². The number of rotatable bonds is 2. The van der Waals surface area contributed by atoms with Crippen molar-refractivity contribution in [2.75, 3.05) is 0 Å². The van der Waals surface area contributed by atoms with Gasteiger partial charge in [-0.2, -0.15) is 0 Å². The number of fused-ring (bicyclic) bond motifs is 2. The maximum Gasteiger partial charge on any atom is 0.0702 e. The first kappa shape index (κ1) is 15.7. The van der Waals surface area contributed by atoms with Gasteiger partial charge in [0.1, 0.15) is 0 Å². The van der Waals surface area contributed by atoms with Gasteiger partial charge >= 0.3 is 0 Å². The second-order valence-corrected chi connectivity index (χ2v) is 6.91. The van der Waals surface area contributed by atoms with Crippen LogP contribution in [0.3, 0.4) is 0 Å². The van der Waals surface area contributed by atoms with Crippen LogP contribution < -0.4 is 0 Å². The summed E-state index contributed by atoms with van der Waals surface area (Å²) >= 11 is 0. The molecule has 2 aromatic heterocycles. The predicted molar refractivity (Wildman–Crippen MR) is 113 cm³/mol. The molecule has 0 radical (unpaired) electrons. The molecular weight excluding hydrogens is 328 g/mol. The molecule has 0 aliphatic heterocycles. The number of aryl methyl sites for hydroxylation is 1. The van der Waals surface area contributed by atoms with Crippen LogP contribution in [0.25, 0.3) is 44.1 Å². The fourth-order valence-corrected chi connectivity index (χ4v) is 3.63. The molecule has 0 fully saturated rings. The normalized spacial score (nSPS) is 11.1. The topological polar surface area (TPSA) is 25.8 Å². The monoisotopic (exact) mass is 346 g/mol. The summed E-state index contributed by atoms with van der Waals surface area (Å²) in [5.74, 6) is 0. The lowest BCUT2D eigenvalue weighted by atomic mass is 9.95. The highest BCUT2D eigenvalue weighted by atomic mass is 14.6. The van der Waals surface area contributed by atoms with Gasteiger partial charge in [-0.25, -0.2) is 0 Å². The Kier molecular flexibility index (Phi) is 3.68. The zero-order chi connectivity index (χ0) is 18.2. The zero-order valence-corrected chi connectivity index (χ0v) is 15.1. The molecule has 0 spiro atoms. The summed E-state index contributed by atoms with van der Waals surface area (Å²) in [6.07, 6.45) is 3.67. The predicted octanol–water partition coefficient (Wildman–Crippen LogP) is 6.43. The van der Waals surface area contributed by atoms with E-state index in [0.717, 1.165) is 21.8 Å². The third-order valence-electron chi connectivity index (χ3n) is 4.95. The summed E-state index contributed by atoms with van der Waals surface area (Å²) in [4.78, 5) is 8.84. The third kappa shape index (κ3) is 2.96. The van der Waals surface area contributed by atoms with Crippen molar-refractivity contribution in [2.45, 2.75) is 6.92 Å². The second kappa shape index (κ2) is 6.33. The molecule has 2 heteroatoms. The van der Waals surface area contributed by atoms with Gasteiger partial charge in [-0.05, 0) is 77.2 Å². The Hall–Kier alpha value is -3.52. The fourth-order valence-electron chi connectivity index (χ4n) is 3.63. The molecule has 3 aromatic carbocycles. The first-order chi connectivity index (χ1) is 13.3. The van der Waals surface area contributed by atoms with Crippen LogP contribution >= 0.6 is 0 Å². The van der Waals surface area contributed by atoms with Gasteiger partial charge in [-0.1, -0.05) is 36.4 Å². The Labute approximate surface area is 158 Å². The van der Waals surface area contributed by atoms with Crippen LogP contribution in [0.4, 0.5) is 0 Å². The summed E-state index contributed by atoms with van der Waals surface area (Å²) in [5, 5.41) is 2.32. The number of hydrogen-bond donors (Lipinski definition) is 0. The Bertz CT molecular complexity index is 1190. The Balaban J connectivity index is 1.64. The van der Waals surface area contributed by atoms with Gasteiger partial charge in [0, 0.05) is 23.2 Å². The van der Waals surface area contributed by atoms with Gasteiger partial charge in [-0.15, -0.1) is 0 Å². The molecule has 2 heterocycles. The van der Waals surface area contributed by atoms with Gasteiger partial charge in [0.2, 0.25) is 0 Å². The van der Waals surface area contributed by atoms with Crippen LogP contribution in [0, 0.1) is 6.92 Å². The van der Waals surface area contributed by atoms with E-state index in [1.54, 1.807) is 0 Å². The molecule has 2 nitrogen and oxygen atoms in total. The van der Waals surface area contributed by atoms with Crippen molar-refractivity contribution in [3.05, 3.63) is 96.8 Å². The maximum atomic E-state index is 4.42. The smallest absolute Gasteiger partial charge is 0.0702 e. The fraction of sp³-hybridized carbons (Fsp3) is 0.0400. The van der Waals surface area contributed by atoms with Crippen LogP contribution in [0.1, 0.15) is 5.56 Å². The Morgan fingerprint density at radius 3 is 1.56 bits per heavy atom. The first-order valence-electron chi connectivity index (χ1n) is 9.08. The van der Waals surface area contributed by atoms with E-state index in [0.29, 0.717) is 0 Å². The van der Waals surface area contributed by atoms with Crippen LogP contribution in [-0.2, 0) is 0 Å². The van der Waals surface area contributed by atoms with Crippen molar-refractivity contribution >= 4 is 21.8 Å². The SMILES string of the molecule is Cc1cc(-c2ccc3ncccc3c2)cc(-c2ccc3ncccc3c2)c1. The van der Waals surface area contributed by atoms with Crippen LogP contribution in [0.5, 0.6) is 0 Å². The molecule has 0 saturated heterocycles. The van der Waals surface area contributed by atoms with Crippen molar-refractivity contribution in [3.63, 3.8) is 0 Å². The van der Waals surface area contributed by atoms with Gasteiger partial charge in [0.15, 0.2) is 0 Å². The molecular formula is C25H18N2. The Morgan fingerprint density at radius 1 is 0.519 bits per heavy atom. The zero-order valence-electron chi connectivity index (χ0n) is 15.1. The highest BCUT2D eigenvalue weighted by Gasteiger charge is 2.06. The lowest BCUT2D eigenvalue weighted by molar-refractivity contribution is 1.41. The molecule has 0 aliphatic rings. The van der Waals surface area contributed by atoms with E-state index >= 15 is 0 Å². The van der Waals surface area contributed by atoms with E-state index in [9.17, 15) is 0 Å². The summed E-state index contributed by atoms with van der Waals surface area (Å²) < 4.78 is 0. The van der Waals surface area contributed by atoms with E-state index in [1.807, 2.05) is 24.5 Å². The van der Waals surface area contributed by atoms with Crippen LogP contribution in [-0.4, -0.2) is 9.97 Å². The average Bonchev–Trinajstić information content (AvgIpc) is 2.72. The van der Waals surface area contributed by atoms with Crippen molar-refractivity contribution < 1.29 is 0 Å². The quantitative estimate of drug-likeness (QED) is 0.368. The molecule has 0 atom stereocenters. The minimum atomic E-state index is 1.02. The summed E-state index contributed by atoms with van der Waals surface area (Å²) in [6.45, 7) is 2.15. The minimum absolute atomic E-state index is 1.02. The first-order valence-corrected chi connectivity index (χ1v) is 9.08. The molecule has 27 heavy (non-hydrogen) atoms. The standard InChI is InChI=1S/C25H18N2/c1-17-12-22(18-6-8-24-20(14-18)4-2-10-26-24)16-23(13-17)19-7-9-25-21(15-19)5-3-11-27-25/h2-16H,1H3. The van der Waals surface area contributed by atoms with Crippen molar-refractivity contribution in [3.8, 4) is 22.3 Å². The molecule has 5 rings (SSSR count). The largest absolute Gasteiger partial charge is 0.256 e. The van der Waals surface area contributed by atoms with Crippen LogP contribution in [0.15, 0.2) is 91.3 Å². The lowest BCUT2D eigenvalue weighted by Gasteiger charge is -2.10. The maximum absolute atomic E-state index is 4.42. The van der Waals surface area contributed by atoms with E-state index < -0.39 is 0 Å². The molecule has 0 N–H and O–H groups in total. The number of hydrogen-bond acceptors (Lipinski definition) is 2. The van der Waals surface area contributed by atoms with Gasteiger partial charge in [0.25, 0.3) is 0 Å². The third-order valence-corrected chi connectivity index (χ3v) is 4.95. The van der Waals surface area contributed by atoms with E-state index in [-0.39, 0.29) is 0 Å². The van der Waals surface area contributed by atoms with Gasteiger partial charge in [0.05, 0.1) is 11.0 Å².